The van der Waals surface area contributed by atoms with Crippen LogP contribution in [0.1, 0.15) is 0 Å². The predicted molar refractivity (Wildman–Crippen MR) is 92.6 cm³/mol. The fourth-order valence-corrected chi connectivity index (χ4v) is 2.52. The van der Waals surface area contributed by atoms with E-state index >= 15 is 0 Å². The van der Waals surface area contributed by atoms with Crippen LogP contribution in [0.15, 0.2) is 71.9 Å². The van der Waals surface area contributed by atoms with Gasteiger partial charge in [-0.3, -0.25) is 4.79 Å². The van der Waals surface area contributed by atoms with Crippen LogP contribution in [0.25, 0.3) is 16.7 Å². The van der Waals surface area contributed by atoms with Crippen molar-refractivity contribution in [3.8, 4) is 5.82 Å². The summed E-state index contributed by atoms with van der Waals surface area (Å²) in [7, 11) is 0. The molecule has 0 fully saturated rings. The van der Waals surface area contributed by atoms with Gasteiger partial charge in [-0.1, -0.05) is 18.2 Å². The van der Waals surface area contributed by atoms with Gasteiger partial charge in [0.15, 0.2) is 0 Å². The van der Waals surface area contributed by atoms with Gasteiger partial charge >= 0.3 is 0 Å². The van der Waals surface area contributed by atoms with E-state index in [2.05, 4.69) is 20.3 Å². The molecule has 4 rings (SSSR count). The predicted octanol–water partition coefficient (Wildman–Crippen LogP) is 3.06. The van der Waals surface area contributed by atoms with Gasteiger partial charge in [0.1, 0.15) is 18.0 Å². The lowest BCUT2D eigenvalue weighted by molar-refractivity contribution is 0.629. The topological polar surface area (TPSA) is 72.7 Å². The Morgan fingerprint density at radius 2 is 1.88 bits per heavy atom. The van der Waals surface area contributed by atoms with Crippen LogP contribution >= 0.6 is 0 Å². The smallest absolute Gasteiger partial charge is 0.268 e. The molecule has 4 aromatic rings. The van der Waals surface area contributed by atoms with Crippen LogP contribution in [-0.4, -0.2) is 19.5 Å². The van der Waals surface area contributed by atoms with Crippen molar-refractivity contribution in [1.29, 1.82) is 0 Å². The van der Waals surface area contributed by atoms with Crippen molar-refractivity contribution in [2.75, 3.05) is 5.32 Å². The molecule has 0 saturated heterocycles. The third kappa shape index (κ3) is 2.83. The first kappa shape index (κ1) is 14.9. The largest absolute Gasteiger partial charge is 0.325 e. The van der Waals surface area contributed by atoms with E-state index in [0.717, 1.165) is 5.69 Å². The number of halogens is 1. The second-order valence-corrected chi connectivity index (χ2v) is 5.30. The van der Waals surface area contributed by atoms with Gasteiger partial charge < -0.3 is 5.32 Å². The molecule has 0 saturated carbocycles. The summed E-state index contributed by atoms with van der Waals surface area (Å²) in [4.78, 5) is 25.4. The molecule has 0 aliphatic heterocycles. The minimum Gasteiger partial charge on any atom is -0.325 e. The molecule has 7 heteroatoms. The second kappa shape index (κ2) is 6.12. The van der Waals surface area contributed by atoms with Crippen LogP contribution in [0, 0.1) is 5.82 Å². The maximum atomic E-state index is 13.6. The Labute approximate surface area is 141 Å². The summed E-state index contributed by atoms with van der Waals surface area (Å²) < 4.78 is 14.9. The highest BCUT2D eigenvalue weighted by molar-refractivity contribution is 5.79. The summed E-state index contributed by atoms with van der Waals surface area (Å²) in [5.41, 5.74) is 0.746. The average Bonchev–Trinajstić information content (AvgIpc) is 2.64. The zero-order valence-corrected chi connectivity index (χ0v) is 12.9. The van der Waals surface area contributed by atoms with Crippen molar-refractivity contribution >= 4 is 22.5 Å². The van der Waals surface area contributed by atoms with Gasteiger partial charge in [-0.05, 0) is 36.4 Å². The van der Waals surface area contributed by atoms with E-state index in [0.29, 0.717) is 11.3 Å². The number of nitrogens with one attached hydrogen (secondary N) is 1. The van der Waals surface area contributed by atoms with Gasteiger partial charge in [-0.2, -0.15) is 0 Å². The summed E-state index contributed by atoms with van der Waals surface area (Å²) in [6, 6.07) is 14.8. The Morgan fingerprint density at radius 3 is 2.64 bits per heavy atom. The molecule has 0 aliphatic rings. The lowest BCUT2D eigenvalue weighted by Gasteiger charge is -2.14. The zero-order valence-electron chi connectivity index (χ0n) is 12.9. The van der Waals surface area contributed by atoms with Crippen LogP contribution in [0.2, 0.25) is 0 Å². The van der Waals surface area contributed by atoms with Crippen LogP contribution in [-0.2, 0) is 0 Å². The molecular formula is C18H12FN5O. The van der Waals surface area contributed by atoms with Crippen LogP contribution in [0.3, 0.4) is 0 Å². The molecule has 0 spiro atoms. The van der Waals surface area contributed by atoms with E-state index < -0.39 is 11.4 Å². The molecule has 0 unspecified atom stereocenters. The number of anilines is 2. The van der Waals surface area contributed by atoms with Crippen molar-refractivity contribution in [3.63, 3.8) is 0 Å². The summed E-state index contributed by atoms with van der Waals surface area (Å²) in [5.74, 6) is 0.135. The number of benzene rings is 2. The van der Waals surface area contributed by atoms with E-state index in [1.54, 1.807) is 6.07 Å². The highest BCUT2D eigenvalue weighted by Gasteiger charge is 2.14. The van der Waals surface area contributed by atoms with E-state index in [1.807, 2.05) is 30.3 Å². The van der Waals surface area contributed by atoms with Crippen molar-refractivity contribution in [2.45, 2.75) is 0 Å². The van der Waals surface area contributed by atoms with Gasteiger partial charge in [-0.25, -0.2) is 23.9 Å². The van der Waals surface area contributed by atoms with Crippen molar-refractivity contribution in [1.82, 2.24) is 19.5 Å². The zero-order chi connectivity index (χ0) is 17.2. The molecule has 2 aromatic heterocycles. The normalized spacial score (nSPS) is 10.8. The highest BCUT2D eigenvalue weighted by Crippen LogP contribution is 2.19. The number of rotatable bonds is 3. The first-order valence-electron chi connectivity index (χ1n) is 7.53. The second-order valence-electron chi connectivity index (χ2n) is 5.30. The summed E-state index contributed by atoms with van der Waals surface area (Å²) in [6.07, 6.45) is 2.86. The minimum atomic E-state index is -0.496. The molecular weight excluding hydrogens is 321 g/mol. The number of nitrogens with zero attached hydrogens (tertiary/aromatic N) is 4. The standard InChI is InChI=1S/C18H12FN5O/c19-12-6-7-15-14(10-12)17(25)24(16-8-9-20-11-21-16)18(23-15)22-13-4-2-1-3-5-13/h1-11H,(H,22,23). The lowest BCUT2D eigenvalue weighted by Crippen LogP contribution is -2.23. The van der Waals surface area contributed by atoms with Crippen LogP contribution in [0.5, 0.6) is 0 Å². The highest BCUT2D eigenvalue weighted by atomic mass is 19.1. The minimum absolute atomic E-state index is 0.178. The molecule has 0 amide bonds. The summed E-state index contributed by atoms with van der Waals surface area (Å²) >= 11 is 0. The van der Waals surface area contributed by atoms with Crippen molar-refractivity contribution in [3.05, 3.63) is 83.3 Å². The first-order chi connectivity index (χ1) is 12.2. The fourth-order valence-electron chi connectivity index (χ4n) is 2.52. The monoisotopic (exact) mass is 333 g/mol. The lowest BCUT2D eigenvalue weighted by atomic mass is 10.2. The van der Waals surface area contributed by atoms with Crippen molar-refractivity contribution < 1.29 is 4.39 Å². The molecule has 6 nitrogen and oxygen atoms in total. The third-order valence-electron chi connectivity index (χ3n) is 3.66. The molecule has 122 valence electrons. The number of fused-ring (bicyclic) bond motifs is 1. The summed E-state index contributed by atoms with van der Waals surface area (Å²) in [5, 5.41) is 3.29. The number of hydrogen-bond acceptors (Lipinski definition) is 5. The van der Waals surface area contributed by atoms with Gasteiger partial charge in [-0.15, -0.1) is 0 Å². The molecule has 2 aromatic carbocycles. The maximum absolute atomic E-state index is 13.6. The molecule has 0 atom stereocenters. The Balaban J connectivity index is 1.99. The quantitative estimate of drug-likeness (QED) is 0.624. The number of para-hydroxylation sites is 1. The Hall–Kier alpha value is -3.61. The number of aromatic nitrogens is 4. The Morgan fingerprint density at radius 1 is 1.04 bits per heavy atom. The maximum Gasteiger partial charge on any atom is 0.268 e. The SMILES string of the molecule is O=c1c2cc(F)ccc2nc(Nc2ccccc2)n1-c1ccncn1. The van der Waals surface area contributed by atoms with Gasteiger partial charge in [0.05, 0.1) is 10.9 Å². The van der Waals surface area contributed by atoms with Crippen molar-refractivity contribution in [2.24, 2.45) is 0 Å². The molecule has 0 aliphatic carbocycles. The molecule has 0 bridgehead atoms. The Bertz CT molecular complexity index is 1100. The van der Waals surface area contributed by atoms with E-state index in [9.17, 15) is 9.18 Å². The molecule has 1 N–H and O–H groups in total. The van der Waals surface area contributed by atoms with E-state index in [1.165, 1.54) is 35.3 Å². The Kier molecular flexibility index (Phi) is 3.66. The van der Waals surface area contributed by atoms with Gasteiger partial charge in [0, 0.05) is 11.9 Å². The molecule has 2 heterocycles. The first-order valence-corrected chi connectivity index (χ1v) is 7.53. The fraction of sp³-hybridized carbons (Fsp3) is 0. The third-order valence-corrected chi connectivity index (χ3v) is 3.66. The average molecular weight is 333 g/mol. The number of hydrogen-bond donors (Lipinski definition) is 1. The molecule has 0 radical (unpaired) electrons. The molecule has 25 heavy (non-hydrogen) atoms. The van der Waals surface area contributed by atoms with Gasteiger partial charge in [0.25, 0.3) is 5.56 Å². The van der Waals surface area contributed by atoms with E-state index in [-0.39, 0.29) is 11.3 Å². The van der Waals surface area contributed by atoms with E-state index in [4.69, 9.17) is 0 Å². The van der Waals surface area contributed by atoms with Crippen LogP contribution in [0.4, 0.5) is 16.0 Å². The summed E-state index contributed by atoms with van der Waals surface area (Å²) in [6.45, 7) is 0. The van der Waals surface area contributed by atoms with Crippen LogP contribution < -0.4 is 10.9 Å². The van der Waals surface area contributed by atoms with Gasteiger partial charge in [0.2, 0.25) is 5.95 Å².